The van der Waals surface area contributed by atoms with Crippen LogP contribution in [0.1, 0.15) is 31.8 Å². The van der Waals surface area contributed by atoms with Gasteiger partial charge in [-0.2, -0.15) is 0 Å². The summed E-state index contributed by atoms with van der Waals surface area (Å²) in [6.45, 7) is 0.235. The summed E-state index contributed by atoms with van der Waals surface area (Å²) in [4.78, 5) is 22.1. The number of hydrogen-bond acceptors (Lipinski definition) is 5. The Morgan fingerprint density at radius 2 is 1.34 bits per heavy atom. The SMILES string of the molecule is COC(=O)c1ccccc1COC(=S)c1ccccc1.O=C(S)c1ccccc1. The maximum Gasteiger partial charge on any atom is 0.338 e. The monoisotopic (exact) mass is 424 g/mol. The molecule has 3 rings (SSSR count). The number of carbonyl (C=O) groups is 2. The Hall–Kier alpha value is -2.96. The predicted octanol–water partition coefficient (Wildman–Crippen LogP) is 5.12. The van der Waals surface area contributed by atoms with Crippen LogP contribution in [-0.2, 0) is 16.1 Å². The van der Waals surface area contributed by atoms with Crippen molar-refractivity contribution in [2.75, 3.05) is 7.11 Å². The van der Waals surface area contributed by atoms with E-state index in [-0.39, 0.29) is 17.7 Å². The molecule has 148 valence electrons. The second-order valence-corrected chi connectivity index (χ2v) is 6.54. The molecule has 0 aliphatic carbocycles. The molecule has 0 heterocycles. The number of thiol groups is 1. The third kappa shape index (κ3) is 7.18. The number of ether oxygens (including phenoxy) is 2. The molecule has 0 radical (unpaired) electrons. The van der Waals surface area contributed by atoms with E-state index < -0.39 is 0 Å². The Kier molecular flexibility index (Phi) is 9.08. The molecule has 6 heteroatoms. The van der Waals surface area contributed by atoms with Crippen molar-refractivity contribution in [2.45, 2.75) is 6.61 Å². The molecule has 0 spiro atoms. The molecule has 0 saturated heterocycles. The number of benzene rings is 3. The molecule has 0 aliphatic rings. The third-order valence-corrected chi connectivity index (χ3v) is 4.42. The number of thiocarbonyl (C=S) groups is 1. The van der Waals surface area contributed by atoms with Crippen LogP contribution in [0.25, 0.3) is 0 Å². The van der Waals surface area contributed by atoms with Crippen molar-refractivity contribution >= 4 is 41.0 Å². The van der Waals surface area contributed by atoms with E-state index in [1.165, 1.54) is 7.11 Å². The molecule has 0 bridgehead atoms. The lowest BCUT2D eigenvalue weighted by Crippen LogP contribution is -2.09. The van der Waals surface area contributed by atoms with Gasteiger partial charge in [-0.1, -0.05) is 78.9 Å². The van der Waals surface area contributed by atoms with Gasteiger partial charge in [0.2, 0.25) is 5.12 Å². The van der Waals surface area contributed by atoms with Crippen LogP contribution >= 0.6 is 24.8 Å². The van der Waals surface area contributed by atoms with Crippen LogP contribution in [0.5, 0.6) is 0 Å². The van der Waals surface area contributed by atoms with Crippen LogP contribution in [0, 0.1) is 0 Å². The van der Waals surface area contributed by atoms with E-state index in [1.807, 2.05) is 60.7 Å². The fourth-order valence-corrected chi connectivity index (χ4v) is 2.68. The van der Waals surface area contributed by atoms with Crippen LogP contribution in [0.4, 0.5) is 0 Å². The van der Waals surface area contributed by atoms with Crippen LogP contribution in [-0.4, -0.2) is 23.2 Å². The Morgan fingerprint density at radius 1 is 0.828 bits per heavy atom. The second kappa shape index (κ2) is 11.8. The lowest BCUT2D eigenvalue weighted by atomic mass is 10.1. The molecule has 0 saturated carbocycles. The van der Waals surface area contributed by atoms with Crippen molar-refractivity contribution in [3.63, 3.8) is 0 Å². The van der Waals surface area contributed by atoms with Crippen molar-refractivity contribution in [3.8, 4) is 0 Å². The average molecular weight is 425 g/mol. The van der Waals surface area contributed by atoms with E-state index in [2.05, 4.69) is 12.6 Å². The summed E-state index contributed by atoms with van der Waals surface area (Å²) < 4.78 is 10.3. The second-order valence-electron chi connectivity index (χ2n) is 5.76. The first-order chi connectivity index (χ1) is 14.0. The minimum absolute atomic E-state index is 0.185. The third-order valence-electron chi connectivity index (χ3n) is 3.81. The molecule has 0 fully saturated rings. The van der Waals surface area contributed by atoms with Crippen molar-refractivity contribution in [3.05, 3.63) is 107 Å². The quantitative estimate of drug-likeness (QED) is 0.350. The Labute approximate surface area is 180 Å². The van der Waals surface area contributed by atoms with Gasteiger partial charge in [0.05, 0.1) is 12.7 Å². The summed E-state index contributed by atoms with van der Waals surface area (Å²) in [5.74, 6) is -0.380. The van der Waals surface area contributed by atoms with Gasteiger partial charge in [0.15, 0.2) is 5.05 Å². The molecule has 0 aliphatic heterocycles. The number of esters is 1. The van der Waals surface area contributed by atoms with E-state index in [9.17, 15) is 9.59 Å². The molecule has 0 atom stereocenters. The normalized spacial score (nSPS) is 9.59. The van der Waals surface area contributed by atoms with Gasteiger partial charge in [-0.15, -0.1) is 12.6 Å². The van der Waals surface area contributed by atoms with Crippen LogP contribution in [0.3, 0.4) is 0 Å². The first-order valence-corrected chi connectivity index (χ1v) is 9.55. The predicted molar refractivity (Wildman–Crippen MR) is 120 cm³/mol. The number of carbonyl (C=O) groups excluding carboxylic acids is 2. The Bertz CT molecular complexity index is 957. The molecule has 0 unspecified atom stereocenters. The maximum atomic E-state index is 11.6. The van der Waals surface area contributed by atoms with Gasteiger partial charge in [0.25, 0.3) is 0 Å². The van der Waals surface area contributed by atoms with E-state index in [4.69, 9.17) is 21.7 Å². The molecule has 0 amide bonds. The zero-order valence-corrected chi connectivity index (χ0v) is 17.5. The zero-order valence-electron chi connectivity index (χ0n) is 15.8. The van der Waals surface area contributed by atoms with E-state index in [1.54, 1.807) is 24.3 Å². The maximum absolute atomic E-state index is 11.6. The fraction of sp³-hybridized carbons (Fsp3) is 0.0870. The van der Waals surface area contributed by atoms with Crippen LogP contribution < -0.4 is 0 Å². The molecular weight excluding hydrogens is 404 g/mol. The van der Waals surface area contributed by atoms with Gasteiger partial charge >= 0.3 is 5.97 Å². The molecule has 29 heavy (non-hydrogen) atoms. The molecule has 0 N–H and O–H groups in total. The summed E-state index contributed by atoms with van der Waals surface area (Å²) in [6, 6.07) is 25.6. The Morgan fingerprint density at radius 3 is 1.86 bits per heavy atom. The van der Waals surface area contributed by atoms with Crippen molar-refractivity contribution in [1.82, 2.24) is 0 Å². The molecule has 0 aromatic heterocycles. The smallest absolute Gasteiger partial charge is 0.338 e. The van der Waals surface area contributed by atoms with Crippen molar-refractivity contribution in [2.24, 2.45) is 0 Å². The number of methoxy groups -OCH3 is 1. The lowest BCUT2D eigenvalue weighted by molar-refractivity contribution is 0.0597. The standard InChI is InChI=1S/C16H14O3S.C7H6OS/c1-18-15(17)14-10-6-5-9-13(14)11-19-16(20)12-7-3-2-4-8-12;8-7(9)6-4-2-1-3-5-6/h2-10H,11H2,1H3;1-5H,(H,8,9). The first-order valence-electron chi connectivity index (χ1n) is 8.69. The highest BCUT2D eigenvalue weighted by molar-refractivity contribution is 7.97. The van der Waals surface area contributed by atoms with Crippen LogP contribution in [0.2, 0.25) is 0 Å². The highest BCUT2D eigenvalue weighted by Gasteiger charge is 2.12. The van der Waals surface area contributed by atoms with Crippen molar-refractivity contribution < 1.29 is 19.1 Å². The van der Waals surface area contributed by atoms with E-state index in [0.29, 0.717) is 16.2 Å². The zero-order chi connectivity index (χ0) is 21.1. The minimum atomic E-state index is -0.380. The van der Waals surface area contributed by atoms with Gasteiger partial charge in [-0.05, 0) is 18.3 Å². The Balaban J connectivity index is 0.000000278. The molecule has 3 aromatic rings. The summed E-state index contributed by atoms with van der Waals surface area (Å²) in [5, 5.41) is 0.223. The molecule has 4 nitrogen and oxygen atoms in total. The molecular formula is C23H20O4S2. The number of rotatable bonds is 5. The van der Waals surface area contributed by atoms with Gasteiger partial charge < -0.3 is 9.47 Å². The largest absolute Gasteiger partial charge is 0.478 e. The fourth-order valence-electron chi connectivity index (χ4n) is 2.34. The van der Waals surface area contributed by atoms with Gasteiger partial charge in [0.1, 0.15) is 6.61 Å². The number of hydrogen-bond donors (Lipinski definition) is 1. The van der Waals surface area contributed by atoms with Crippen LogP contribution in [0.15, 0.2) is 84.9 Å². The highest BCUT2D eigenvalue weighted by atomic mass is 32.1. The minimum Gasteiger partial charge on any atom is -0.478 e. The van der Waals surface area contributed by atoms with Gasteiger partial charge in [-0.25, -0.2) is 4.79 Å². The molecule has 3 aromatic carbocycles. The average Bonchev–Trinajstić information content (AvgIpc) is 2.78. The van der Waals surface area contributed by atoms with Crippen molar-refractivity contribution in [1.29, 1.82) is 0 Å². The summed E-state index contributed by atoms with van der Waals surface area (Å²) >= 11 is 8.87. The lowest BCUT2D eigenvalue weighted by Gasteiger charge is -2.10. The highest BCUT2D eigenvalue weighted by Crippen LogP contribution is 2.13. The van der Waals surface area contributed by atoms with Gasteiger partial charge in [0, 0.05) is 16.7 Å². The summed E-state index contributed by atoms with van der Waals surface area (Å²) in [7, 11) is 1.36. The van der Waals surface area contributed by atoms with E-state index >= 15 is 0 Å². The topological polar surface area (TPSA) is 52.6 Å². The van der Waals surface area contributed by atoms with E-state index in [0.717, 1.165) is 11.1 Å². The van der Waals surface area contributed by atoms with Gasteiger partial charge in [-0.3, -0.25) is 4.79 Å². The summed E-state index contributed by atoms with van der Waals surface area (Å²) in [5.41, 5.74) is 2.72. The first kappa shape index (κ1) is 22.3. The summed E-state index contributed by atoms with van der Waals surface area (Å²) in [6.07, 6.45) is 0.